The Morgan fingerprint density at radius 2 is 1.70 bits per heavy atom. The van der Waals surface area contributed by atoms with Gasteiger partial charge in [-0.3, -0.25) is 15.5 Å². The lowest BCUT2D eigenvalue weighted by Crippen LogP contribution is -2.02. The van der Waals surface area contributed by atoms with E-state index >= 15 is 0 Å². The van der Waals surface area contributed by atoms with Crippen LogP contribution in [0.3, 0.4) is 0 Å². The number of nitrogens with one attached hydrogen (secondary N) is 1. The highest BCUT2D eigenvalue weighted by Crippen LogP contribution is 2.19. The van der Waals surface area contributed by atoms with Crippen molar-refractivity contribution in [2.45, 2.75) is 0 Å². The lowest BCUT2D eigenvalue weighted by Gasteiger charge is -2.03. The Hall–Kier alpha value is -3.39. The van der Waals surface area contributed by atoms with E-state index in [0.29, 0.717) is 11.3 Å². The molecule has 3 rings (SSSR count). The number of nitro benzene ring substituents is 1. The molecule has 0 aliphatic carbocycles. The first-order valence-corrected chi connectivity index (χ1v) is 8.72. The van der Waals surface area contributed by atoms with Crippen molar-refractivity contribution in [2.24, 2.45) is 15.3 Å². The molecule has 0 aromatic heterocycles. The van der Waals surface area contributed by atoms with E-state index in [0.717, 1.165) is 10.2 Å². The molecule has 0 spiro atoms. The second kappa shape index (κ2) is 8.81. The van der Waals surface area contributed by atoms with Crippen molar-refractivity contribution in [2.75, 3.05) is 5.43 Å². The average Bonchev–Trinajstić information content (AvgIpc) is 2.70. The van der Waals surface area contributed by atoms with Crippen LogP contribution < -0.4 is 5.43 Å². The number of azo groups is 1. The second-order valence-corrected chi connectivity index (χ2v) is 6.31. The van der Waals surface area contributed by atoms with Crippen LogP contribution in [0.1, 0.15) is 5.56 Å². The molecule has 3 aromatic carbocycles. The van der Waals surface area contributed by atoms with Crippen molar-refractivity contribution < 1.29 is 4.92 Å². The molecule has 0 aliphatic rings. The van der Waals surface area contributed by atoms with Crippen molar-refractivity contribution in [1.82, 2.24) is 0 Å². The molecule has 27 heavy (non-hydrogen) atoms. The summed E-state index contributed by atoms with van der Waals surface area (Å²) in [6, 6.07) is 22.7. The maximum atomic E-state index is 11.1. The summed E-state index contributed by atoms with van der Waals surface area (Å²) in [5, 5.41) is 23.7. The summed E-state index contributed by atoms with van der Waals surface area (Å²) in [4.78, 5) is 10.6. The topological polar surface area (TPSA) is 92.2 Å². The lowest BCUT2D eigenvalue weighted by atomic mass is 10.2. The van der Waals surface area contributed by atoms with Gasteiger partial charge in [0.15, 0.2) is 0 Å². The largest absolute Gasteiger partial charge is 0.276 e. The van der Waals surface area contributed by atoms with Crippen LogP contribution in [0.2, 0.25) is 0 Å². The van der Waals surface area contributed by atoms with E-state index in [9.17, 15) is 10.1 Å². The van der Waals surface area contributed by atoms with Crippen LogP contribution in [0.4, 0.5) is 17.1 Å². The van der Waals surface area contributed by atoms with E-state index < -0.39 is 4.92 Å². The van der Waals surface area contributed by atoms with Gasteiger partial charge in [-0.25, -0.2) is 0 Å². The summed E-state index contributed by atoms with van der Waals surface area (Å²) in [6.07, 6.45) is 0. The molecule has 0 saturated heterocycles. The Labute approximate surface area is 163 Å². The van der Waals surface area contributed by atoms with Gasteiger partial charge in [0.1, 0.15) is 0 Å². The third kappa shape index (κ3) is 5.29. The Morgan fingerprint density at radius 3 is 2.41 bits per heavy atom. The van der Waals surface area contributed by atoms with Crippen molar-refractivity contribution in [1.29, 1.82) is 0 Å². The van der Waals surface area contributed by atoms with Crippen molar-refractivity contribution in [3.8, 4) is 0 Å². The molecule has 0 aliphatic heterocycles. The van der Waals surface area contributed by atoms with Gasteiger partial charge in [0, 0.05) is 22.2 Å². The molecule has 0 unspecified atom stereocenters. The van der Waals surface area contributed by atoms with Gasteiger partial charge in [0.2, 0.25) is 5.84 Å². The zero-order chi connectivity index (χ0) is 19.1. The Balaban J connectivity index is 1.94. The normalized spacial score (nSPS) is 11.5. The van der Waals surface area contributed by atoms with E-state index in [1.165, 1.54) is 12.1 Å². The maximum Gasteiger partial charge on any atom is 0.270 e. The van der Waals surface area contributed by atoms with Crippen LogP contribution in [0.5, 0.6) is 0 Å². The number of amidine groups is 1. The molecule has 7 nitrogen and oxygen atoms in total. The summed E-state index contributed by atoms with van der Waals surface area (Å²) < 4.78 is 0.930. The third-order valence-corrected chi connectivity index (χ3v) is 4.00. The average molecular weight is 424 g/mol. The molecule has 0 radical (unpaired) electrons. The molecular weight excluding hydrogens is 410 g/mol. The van der Waals surface area contributed by atoms with Gasteiger partial charge in [-0.15, -0.1) is 10.2 Å². The van der Waals surface area contributed by atoms with Crippen LogP contribution in [0.15, 0.2) is 98.7 Å². The fraction of sp³-hybridized carbons (Fsp3) is 0. The molecule has 0 saturated carbocycles. The molecular formula is C19H14BrN5O2. The van der Waals surface area contributed by atoms with E-state index in [1.54, 1.807) is 24.3 Å². The summed E-state index contributed by atoms with van der Waals surface area (Å²) in [5.74, 6) is 0.227. The number of hydrogen-bond acceptors (Lipinski definition) is 5. The number of rotatable bonds is 5. The first-order valence-electron chi connectivity index (χ1n) is 7.93. The van der Waals surface area contributed by atoms with Gasteiger partial charge >= 0.3 is 0 Å². The summed E-state index contributed by atoms with van der Waals surface area (Å²) in [7, 11) is 0. The molecule has 8 heteroatoms. The van der Waals surface area contributed by atoms with Crippen LogP contribution in [0, 0.1) is 10.1 Å². The minimum absolute atomic E-state index is 0.0428. The predicted molar refractivity (Wildman–Crippen MR) is 108 cm³/mol. The first-order chi connectivity index (χ1) is 13.1. The molecule has 0 bridgehead atoms. The SMILES string of the molecule is O=[N+]([O-])c1cccc(/C(N=Nc2ccc(Br)cc2)=N/Nc2ccccc2)c1. The Kier molecular flexibility index (Phi) is 6.01. The van der Waals surface area contributed by atoms with Gasteiger partial charge < -0.3 is 0 Å². The number of halogens is 1. The quantitative estimate of drug-likeness (QED) is 0.181. The van der Waals surface area contributed by atoms with Gasteiger partial charge in [-0.05, 0) is 36.4 Å². The van der Waals surface area contributed by atoms with Crippen molar-refractivity contribution in [3.63, 3.8) is 0 Å². The van der Waals surface area contributed by atoms with E-state index in [1.807, 2.05) is 42.5 Å². The van der Waals surface area contributed by atoms with E-state index in [2.05, 4.69) is 36.7 Å². The van der Waals surface area contributed by atoms with Crippen LogP contribution in [-0.2, 0) is 0 Å². The molecule has 0 heterocycles. The second-order valence-electron chi connectivity index (χ2n) is 5.40. The third-order valence-electron chi connectivity index (χ3n) is 3.47. The van der Waals surface area contributed by atoms with Gasteiger partial charge in [0.05, 0.1) is 16.3 Å². The fourth-order valence-corrected chi connectivity index (χ4v) is 2.41. The molecule has 1 N–H and O–H groups in total. The Morgan fingerprint density at radius 1 is 0.963 bits per heavy atom. The number of para-hydroxylation sites is 1. The smallest absolute Gasteiger partial charge is 0.270 e. The monoisotopic (exact) mass is 423 g/mol. The fourth-order valence-electron chi connectivity index (χ4n) is 2.15. The van der Waals surface area contributed by atoms with Gasteiger partial charge in [-0.2, -0.15) is 5.10 Å². The minimum Gasteiger partial charge on any atom is -0.276 e. The highest BCUT2D eigenvalue weighted by Gasteiger charge is 2.10. The number of anilines is 1. The van der Waals surface area contributed by atoms with E-state index in [-0.39, 0.29) is 11.5 Å². The predicted octanol–water partition coefficient (Wildman–Crippen LogP) is 5.91. The zero-order valence-corrected chi connectivity index (χ0v) is 15.6. The molecule has 0 fully saturated rings. The number of hydrogen-bond donors (Lipinski definition) is 1. The molecule has 3 aromatic rings. The van der Waals surface area contributed by atoms with Crippen molar-refractivity contribution >= 4 is 38.8 Å². The minimum atomic E-state index is -0.461. The highest BCUT2D eigenvalue weighted by molar-refractivity contribution is 9.10. The van der Waals surface area contributed by atoms with Crippen molar-refractivity contribution in [3.05, 3.63) is 99.0 Å². The lowest BCUT2D eigenvalue weighted by molar-refractivity contribution is -0.384. The molecule has 0 atom stereocenters. The number of nitrogens with zero attached hydrogens (tertiary/aromatic N) is 4. The van der Waals surface area contributed by atoms with Gasteiger partial charge in [0.25, 0.3) is 5.69 Å². The van der Waals surface area contributed by atoms with Gasteiger partial charge in [-0.1, -0.05) is 46.3 Å². The molecule has 0 amide bonds. The Bertz CT molecular complexity index is 988. The van der Waals surface area contributed by atoms with Crippen LogP contribution >= 0.6 is 15.9 Å². The highest BCUT2D eigenvalue weighted by atomic mass is 79.9. The number of hydrazone groups is 1. The number of nitro groups is 1. The summed E-state index contributed by atoms with van der Waals surface area (Å²) >= 11 is 3.36. The van der Waals surface area contributed by atoms with E-state index in [4.69, 9.17) is 0 Å². The summed E-state index contributed by atoms with van der Waals surface area (Å²) in [6.45, 7) is 0. The zero-order valence-electron chi connectivity index (χ0n) is 14.0. The number of benzene rings is 3. The maximum absolute atomic E-state index is 11.1. The number of non-ortho nitro benzene ring substituents is 1. The van der Waals surface area contributed by atoms with Crippen LogP contribution in [-0.4, -0.2) is 10.8 Å². The standard InChI is InChI=1S/C19H14BrN5O2/c20-15-9-11-17(12-10-15)22-24-19(23-21-16-6-2-1-3-7-16)14-5-4-8-18(13-14)25(26)27/h1-13,21H/b23-19-,24-22?. The first kappa shape index (κ1) is 18.4. The van der Waals surface area contributed by atoms with Crippen LogP contribution in [0.25, 0.3) is 0 Å². The molecule has 134 valence electrons. The summed E-state index contributed by atoms with van der Waals surface area (Å²) in [5.41, 5.74) is 4.73.